The lowest BCUT2D eigenvalue weighted by molar-refractivity contribution is -0.170. The summed E-state index contributed by atoms with van der Waals surface area (Å²) in [5.74, 6) is 0.149. The van der Waals surface area contributed by atoms with Crippen molar-refractivity contribution in [1.82, 2.24) is 0 Å². The number of hydrogen-bond donors (Lipinski definition) is 1. The van der Waals surface area contributed by atoms with Gasteiger partial charge in [-0.05, 0) is 83.3 Å². The Balaban J connectivity index is 2.01. The number of carboxylic acids is 1. The van der Waals surface area contributed by atoms with Crippen LogP contribution in [0.15, 0.2) is 96.8 Å². The van der Waals surface area contributed by atoms with Crippen LogP contribution in [0.1, 0.15) is 54.2 Å². The molecule has 4 aromatic carbocycles. The highest BCUT2D eigenvalue weighted by atomic mass is 31.2. The Morgan fingerprint density at radius 2 is 1.48 bits per heavy atom. The summed E-state index contributed by atoms with van der Waals surface area (Å²) < 4.78 is 41.6. The van der Waals surface area contributed by atoms with Crippen LogP contribution in [0, 0.1) is 32.0 Å². The van der Waals surface area contributed by atoms with Crippen molar-refractivity contribution in [2.75, 3.05) is 13.3 Å². The van der Waals surface area contributed by atoms with Crippen LogP contribution in [0.4, 0.5) is 4.39 Å². The second kappa shape index (κ2) is 13.6. The summed E-state index contributed by atoms with van der Waals surface area (Å²) in [6, 6.07) is 27.4. The van der Waals surface area contributed by atoms with Gasteiger partial charge in [0, 0.05) is 19.1 Å². The van der Waals surface area contributed by atoms with Crippen molar-refractivity contribution in [2.45, 2.75) is 52.6 Å². The third-order valence-corrected chi connectivity index (χ3v) is 11.9. The van der Waals surface area contributed by atoms with Gasteiger partial charge in [0.05, 0.1) is 5.41 Å². The van der Waals surface area contributed by atoms with Crippen molar-refractivity contribution in [3.05, 3.63) is 136 Å². The first kappa shape index (κ1) is 35.2. The summed E-state index contributed by atoms with van der Waals surface area (Å²) in [6.45, 7) is 11.6. The molecule has 0 aliphatic rings. The predicted octanol–water partition coefficient (Wildman–Crippen LogP) is 8.57. The van der Waals surface area contributed by atoms with E-state index in [2.05, 4.69) is 0 Å². The van der Waals surface area contributed by atoms with E-state index in [0.717, 1.165) is 27.8 Å². The zero-order chi connectivity index (χ0) is 33.9. The minimum Gasteiger partial charge on any atom is -0.479 e. The number of carbonyl (C=O) groups is 1. The van der Waals surface area contributed by atoms with Crippen molar-refractivity contribution in [1.29, 1.82) is 0 Å². The minimum atomic E-state index is -3.75. The summed E-state index contributed by atoms with van der Waals surface area (Å²) in [7, 11) is -2.25. The number of aryl methyl sites for hydroxylation is 3. The Hall–Kier alpha value is -3.61. The number of rotatable bonds is 11. The first-order valence-corrected chi connectivity index (χ1v) is 18.0. The molecule has 46 heavy (non-hydrogen) atoms. The molecule has 0 amide bonds. The molecule has 0 spiro atoms. The molecule has 1 N–H and O–H groups in total. The molecule has 3 atom stereocenters. The SMILES string of the molecule is COP(=O)(C=Cc1c(C)cc(C)cc1-c1ccc(F)c(C)c1)CC(c1ccccc1)(C(C)(C)C)[C@](O[SiH3])(C(=O)O)c1ccccc1. The Morgan fingerprint density at radius 3 is 1.98 bits per heavy atom. The maximum Gasteiger partial charge on any atom is 0.340 e. The van der Waals surface area contributed by atoms with E-state index in [4.69, 9.17) is 8.95 Å². The van der Waals surface area contributed by atoms with E-state index in [1.165, 1.54) is 13.2 Å². The Bertz CT molecular complexity index is 1780. The number of carboxylic acid groups (broad SMARTS) is 1. The van der Waals surface area contributed by atoms with E-state index in [-0.39, 0.29) is 22.5 Å². The zero-order valence-corrected chi connectivity index (χ0v) is 30.8. The Morgan fingerprint density at radius 1 is 0.891 bits per heavy atom. The first-order chi connectivity index (χ1) is 21.7. The van der Waals surface area contributed by atoms with Crippen LogP contribution >= 0.6 is 7.37 Å². The molecular weight excluding hydrogens is 614 g/mol. The predicted molar refractivity (Wildman–Crippen MR) is 189 cm³/mol. The normalized spacial score (nSPS) is 16.1. The lowest BCUT2D eigenvalue weighted by Crippen LogP contribution is -2.63. The van der Waals surface area contributed by atoms with E-state index in [0.29, 0.717) is 16.7 Å². The van der Waals surface area contributed by atoms with Crippen molar-refractivity contribution in [3.8, 4) is 11.1 Å². The molecule has 0 heterocycles. The average Bonchev–Trinajstić information content (AvgIpc) is 3.02. The fraction of sp³-hybridized carbons (Fsp3) is 0.289. The molecule has 0 radical (unpaired) electrons. The van der Waals surface area contributed by atoms with Gasteiger partial charge >= 0.3 is 5.97 Å². The second-order valence-electron chi connectivity index (χ2n) is 13.0. The third-order valence-electron chi connectivity index (χ3n) is 9.17. The Labute approximate surface area is 275 Å². The van der Waals surface area contributed by atoms with Crippen molar-refractivity contribution >= 4 is 29.9 Å². The summed E-state index contributed by atoms with van der Waals surface area (Å²) in [4.78, 5) is 13.7. The van der Waals surface area contributed by atoms with Gasteiger partial charge in [0.2, 0.25) is 7.37 Å². The molecule has 8 heteroatoms. The summed E-state index contributed by atoms with van der Waals surface area (Å²) in [5.41, 5.74) is 2.14. The van der Waals surface area contributed by atoms with Crippen LogP contribution in [0.5, 0.6) is 0 Å². The smallest absolute Gasteiger partial charge is 0.340 e. The zero-order valence-electron chi connectivity index (χ0n) is 27.9. The van der Waals surface area contributed by atoms with Crippen LogP contribution in [-0.2, 0) is 29.3 Å². The topological polar surface area (TPSA) is 72.8 Å². The maximum absolute atomic E-state index is 15.1. The second-order valence-corrected chi connectivity index (χ2v) is 15.8. The lowest BCUT2D eigenvalue weighted by Gasteiger charge is -2.56. The van der Waals surface area contributed by atoms with Crippen LogP contribution in [0.2, 0.25) is 0 Å². The number of aliphatic carboxylic acids is 1. The molecule has 0 aliphatic carbocycles. The summed E-state index contributed by atoms with van der Waals surface area (Å²) in [6.07, 6.45) is 1.65. The van der Waals surface area contributed by atoms with Gasteiger partial charge in [-0.1, -0.05) is 105 Å². The van der Waals surface area contributed by atoms with E-state index in [1.54, 1.807) is 55.2 Å². The largest absolute Gasteiger partial charge is 0.479 e. The van der Waals surface area contributed by atoms with Crippen LogP contribution in [-0.4, -0.2) is 34.8 Å². The molecule has 0 aromatic heterocycles. The summed E-state index contributed by atoms with van der Waals surface area (Å²) in [5, 5.41) is 11.2. The average molecular weight is 659 g/mol. The van der Waals surface area contributed by atoms with Crippen LogP contribution in [0.3, 0.4) is 0 Å². The van der Waals surface area contributed by atoms with Crippen LogP contribution < -0.4 is 0 Å². The van der Waals surface area contributed by atoms with Crippen molar-refractivity contribution in [2.24, 2.45) is 5.41 Å². The van der Waals surface area contributed by atoms with E-state index >= 15 is 4.57 Å². The van der Waals surface area contributed by atoms with Crippen molar-refractivity contribution < 1.29 is 27.8 Å². The molecule has 0 saturated carbocycles. The number of halogens is 1. The standard InChI is InChI=1S/C38H44FO5PSi/c1-26-22-27(2)32(33(23-26)29-18-19-34(39)28(3)24-29)20-21-45(42,43-7)25-37(36(4,5)6,30-14-10-8-11-15-30)38(44-46,35(40)41)31-16-12-9-13-17-31/h8-24H,25H2,1-7,46H3,(H,40,41)/t37?,38-,45?/m1/s1. The van der Waals surface area contributed by atoms with Gasteiger partial charge in [0.15, 0.2) is 5.60 Å². The minimum absolute atomic E-state index is 0.0943. The Kier molecular flexibility index (Phi) is 10.4. The van der Waals surface area contributed by atoms with Gasteiger partial charge in [-0.3, -0.25) is 4.57 Å². The summed E-state index contributed by atoms with van der Waals surface area (Å²) >= 11 is 0. The third kappa shape index (κ3) is 6.34. The molecule has 4 aromatic rings. The monoisotopic (exact) mass is 658 g/mol. The van der Waals surface area contributed by atoms with Gasteiger partial charge in [-0.2, -0.15) is 0 Å². The number of benzene rings is 4. The number of hydrogen-bond acceptors (Lipinski definition) is 4. The van der Waals surface area contributed by atoms with Gasteiger partial charge in [0.25, 0.3) is 0 Å². The van der Waals surface area contributed by atoms with Gasteiger partial charge in [-0.25, -0.2) is 9.18 Å². The highest BCUT2D eigenvalue weighted by Crippen LogP contribution is 2.64. The van der Waals surface area contributed by atoms with Gasteiger partial charge in [0.1, 0.15) is 16.3 Å². The van der Waals surface area contributed by atoms with Crippen LogP contribution in [0.25, 0.3) is 17.2 Å². The molecule has 0 bridgehead atoms. The quantitative estimate of drug-likeness (QED) is 0.129. The molecule has 4 rings (SSSR count). The first-order valence-electron chi connectivity index (χ1n) is 15.3. The molecule has 242 valence electrons. The molecule has 5 nitrogen and oxygen atoms in total. The molecule has 2 unspecified atom stereocenters. The highest BCUT2D eigenvalue weighted by molar-refractivity contribution is 7.62. The maximum atomic E-state index is 15.1. The molecule has 0 saturated heterocycles. The van der Waals surface area contributed by atoms with Crippen molar-refractivity contribution in [3.63, 3.8) is 0 Å². The van der Waals surface area contributed by atoms with Gasteiger partial charge < -0.3 is 14.1 Å². The van der Waals surface area contributed by atoms with E-state index < -0.39 is 29.8 Å². The molecule has 0 aliphatic heterocycles. The van der Waals surface area contributed by atoms with E-state index in [1.807, 2.05) is 83.1 Å². The van der Waals surface area contributed by atoms with E-state index in [9.17, 15) is 14.3 Å². The fourth-order valence-electron chi connectivity index (χ4n) is 6.88. The fourth-order valence-corrected chi connectivity index (χ4v) is 9.91. The lowest BCUT2D eigenvalue weighted by atomic mass is 9.53. The van der Waals surface area contributed by atoms with Gasteiger partial charge in [-0.15, -0.1) is 0 Å². The molecule has 0 fully saturated rings. The highest BCUT2D eigenvalue weighted by Gasteiger charge is 2.66. The molecular formula is C38H44FO5PSi.